The zero-order valence-electron chi connectivity index (χ0n) is 13.4. The van der Waals surface area contributed by atoms with E-state index >= 15 is 0 Å². The van der Waals surface area contributed by atoms with Crippen LogP contribution in [0.25, 0.3) is 0 Å². The Balaban J connectivity index is 2.14. The minimum atomic E-state index is -0.177. The summed E-state index contributed by atoms with van der Waals surface area (Å²) in [7, 11) is 1.62. The number of ether oxygens (including phenoxy) is 2. The molecule has 0 aromatic heterocycles. The van der Waals surface area contributed by atoms with E-state index in [1.807, 2.05) is 45.0 Å². The van der Waals surface area contributed by atoms with E-state index in [1.165, 1.54) is 0 Å². The van der Waals surface area contributed by atoms with Gasteiger partial charge in [0.05, 0.1) is 7.11 Å². The number of carbonyl (C=O) groups excluding carboxylic acids is 1. The topological polar surface area (TPSA) is 59.6 Å². The van der Waals surface area contributed by atoms with Gasteiger partial charge in [0, 0.05) is 25.0 Å². The number of methoxy groups -OCH3 is 1. The lowest BCUT2D eigenvalue weighted by Gasteiger charge is -2.20. The van der Waals surface area contributed by atoms with Gasteiger partial charge in [-0.15, -0.1) is 0 Å². The van der Waals surface area contributed by atoms with Gasteiger partial charge in [0.15, 0.2) is 11.5 Å². The van der Waals surface area contributed by atoms with Crippen LogP contribution in [0.4, 0.5) is 0 Å². The Kier molecular flexibility index (Phi) is 7.02. The van der Waals surface area contributed by atoms with Crippen molar-refractivity contribution in [3.05, 3.63) is 24.3 Å². The second-order valence-corrected chi connectivity index (χ2v) is 5.80. The lowest BCUT2D eigenvalue weighted by Crippen LogP contribution is -2.41. The zero-order valence-corrected chi connectivity index (χ0v) is 13.4. The number of nitrogens with one attached hydrogen (secondary N) is 2. The molecule has 1 aromatic rings. The number of hydrogen-bond donors (Lipinski definition) is 2. The van der Waals surface area contributed by atoms with Gasteiger partial charge in [0.2, 0.25) is 5.91 Å². The van der Waals surface area contributed by atoms with Gasteiger partial charge in [-0.3, -0.25) is 4.79 Å². The number of hydrogen-bond acceptors (Lipinski definition) is 4. The van der Waals surface area contributed by atoms with E-state index in [4.69, 9.17) is 9.47 Å². The summed E-state index contributed by atoms with van der Waals surface area (Å²) in [6.45, 7) is 7.76. The number of para-hydroxylation sites is 2. The molecular formula is C16H26N2O3. The summed E-state index contributed by atoms with van der Waals surface area (Å²) in [6.07, 6.45) is 0.464. The summed E-state index contributed by atoms with van der Waals surface area (Å²) in [5.74, 6) is 1.51. The van der Waals surface area contributed by atoms with Crippen LogP contribution in [0.5, 0.6) is 11.5 Å². The molecule has 5 heteroatoms. The average molecular weight is 294 g/mol. The number of amides is 1. The first-order valence-electron chi connectivity index (χ1n) is 7.20. The van der Waals surface area contributed by atoms with Crippen molar-refractivity contribution >= 4 is 5.91 Å². The van der Waals surface area contributed by atoms with Crippen LogP contribution in [0, 0.1) is 0 Å². The Morgan fingerprint density at radius 3 is 2.43 bits per heavy atom. The van der Waals surface area contributed by atoms with Gasteiger partial charge in [-0.2, -0.15) is 0 Å². The summed E-state index contributed by atoms with van der Waals surface area (Å²) in [5, 5.41) is 6.11. The highest BCUT2D eigenvalue weighted by Gasteiger charge is 2.12. The van der Waals surface area contributed by atoms with Gasteiger partial charge in [0.25, 0.3) is 0 Å². The first-order chi connectivity index (χ1) is 9.92. The van der Waals surface area contributed by atoms with Crippen LogP contribution in [0.15, 0.2) is 24.3 Å². The van der Waals surface area contributed by atoms with Crippen molar-refractivity contribution in [1.82, 2.24) is 10.6 Å². The quantitative estimate of drug-likeness (QED) is 0.720. The molecule has 0 unspecified atom stereocenters. The Labute approximate surface area is 127 Å². The highest BCUT2D eigenvalue weighted by atomic mass is 16.5. The van der Waals surface area contributed by atoms with Crippen LogP contribution in [-0.2, 0) is 4.79 Å². The third kappa shape index (κ3) is 7.56. The molecule has 0 spiro atoms. The predicted octanol–water partition coefficient (Wildman–Crippen LogP) is 1.97. The Bertz CT molecular complexity index is 441. The average Bonchev–Trinajstić information content (AvgIpc) is 2.41. The van der Waals surface area contributed by atoms with Crippen LogP contribution >= 0.6 is 0 Å². The molecule has 1 rings (SSSR count). The van der Waals surface area contributed by atoms with Gasteiger partial charge in [-0.1, -0.05) is 12.1 Å². The lowest BCUT2D eigenvalue weighted by molar-refractivity contribution is -0.122. The molecular weight excluding hydrogens is 268 g/mol. The van der Waals surface area contributed by atoms with Crippen molar-refractivity contribution in [2.75, 3.05) is 26.8 Å². The highest BCUT2D eigenvalue weighted by Crippen LogP contribution is 2.25. The van der Waals surface area contributed by atoms with Gasteiger partial charge in [-0.25, -0.2) is 0 Å². The zero-order chi connectivity index (χ0) is 15.7. The van der Waals surface area contributed by atoms with E-state index in [-0.39, 0.29) is 11.4 Å². The molecule has 0 aliphatic rings. The fourth-order valence-electron chi connectivity index (χ4n) is 1.78. The molecule has 0 heterocycles. The molecule has 0 aliphatic carbocycles. The van der Waals surface area contributed by atoms with Gasteiger partial charge < -0.3 is 20.1 Å². The maximum absolute atomic E-state index is 11.6. The summed E-state index contributed by atoms with van der Waals surface area (Å²) in [5.41, 5.74) is -0.177. The Morgan fingerprint density at radius 2 is 1.81 bits per heavy atom. The first kappa shape index (κ1) is 17.3. The molecule has 0 bridgehead atoms. The van der Waals surface area contributed by atoms with Crippen LogP contribution in [0.1, 0.15) is 27.2 Å². The van der Waals surface area contributed by atoms with E-state index in [0.717, 1.165) is 11.5 Å². The van der Waals surface area contributed by atoms with E-state index in [0.29, 0.717) is 26.1 Å². The van der Waals surface area contributed by atoms with Crippen molar-refractivity contribution in [3.8, 4) is 11.5 Å². The molecule has 0 saturated heterocycles. The maximum Gasteiger partial charge on any atom is 0.221 e. The van der Waals surface area contributed by atoms with Crippen LogP contribution in [-0.4, -0.2) is 38.3 Å². The molecule has 1 aromatic carbocycles. The van der Waals surface area contributed by atoms with Gasteiger partial charge in [-0.05, 0) is 32.9 Å². The molecule has 0 atom stereocenters. The molecule has 0 fully saturated rings. The van der Waals surface area contributed by atoms with Crippen LogP contribution < -0.4 is 20.1 Å². The molecule has 5 nitrogen and oxygen atoms in total. The van der Waals surface area contributed by atoms with Crippen molar-refractivity contribution in [2.24, 2.45) is 0 Å². The lowest BCUT2D eigenvalue weighted by atomic mass is 10.1. The fourth-order valence-corrected chi connectivity index (χ4v) is 1.78. The molecule has 118 valence electrons. The van der Waals surface area contributed by atoms with E-state index in [2.05, 4.69) is 10.6 Å². The third-order valence-electron chi connectivity index (χ3n) is 2.65. The third-order valence-corrected chi connectivity index (χ3v) is 2.65. The largest absolute Gasteiger partial charge is 0.493 e. The van der Waals surface area contributed by atoms with Gasteiger partial charge >= 0.3 is 0 Å². The molecule has 2 N–H and O–H groups in total. The normalized spacial score (nSPS) is 11.0. The predicted molar refractivity (Wildman–Crippen MR) is 83.9 cm³/mol. The van der Waals surface area contributed by atoms with Crippen molar-refractivity contribution in [1.29, 1.82) is 0 Å². The number of carbonyl (C=O) groups is 1. The molecule has 21 heavy (non-hydrogen) atoms. The molecule has 0 saturated carbocycles. The second-order valence-electron chi connectivity index (χ2n) is 5.80. The maximum atomic E-state index is 11.6. The van der Waals surface area contributed by atoms with E-state index in [1.54, 1.807) is 7.11 Å². The summed E-state index contributed by atoms with van der Waals surface area (Å²) < 4.78 is 10.8. The Morgan fingerprint density at radius 1 is 1.14 bits per heavy atom. The number of benzene rings is 1. The van der Waals surface area contributed by atoms with Crippen molar-refractivity contribution in [2.45, 2.75) is 32.7 Å². The van der Waals surface area contributed by atoms with Crippen molar-refractivity contribution in [3.63, 3.8) is 0 Å². The minimum Gasteiger partial charge on any atom is -0.493 e. The fraction of sp³-hybridized carbons (Fsp3) is 0.562. The second kappa shape index (κ2) is 8.52. The van der Waals surface area contributed by atoms with Gasteiger partial charge in [0.1, 0.15) is 6.61 Å². The highest BCUT2D eigenvalue weighted by molar-refractivity contribution is 5.76. The standard InChI is InChI=1S/C16H26N2O3/c1-16(2,3)18-15(19)9-10-17-11-12-21-14-8-6-5-7-13(14)20-4/h5-8,17H,9-12H2,1-4H3,(H,18,19). The summed E-state index contributed by atoms with van der Waals surface area (Å²) >= 11 is 0. The van der Waals surface area contributed by atoms with Crippen molar-refractivity contribution < 1.29 is 14.3 Å². The van der Waals surface area contributed by atoms with Crippen LogP contribution in [0.2, 0.25) is 0 Å². The summed E-state index contributed by atoms with van der Waals surface area (Å²) in [6, 6.07) is 7.54. The first-order valence-corrected chi connectivity index (χ1v) is 7.20. The Hall–Kier alpha value is -1.75. The molecule has 0 radical (unpaired) electrons. The summed E-state index contributed by atoms with van der Waals surface area (Å²) in [4.78, 5) is 11.6. The van der Waals surface area contributed by atoms with Crippen LogP contribution in [0.3, 0.4) is 0 Å². The SMILES string of the molecule is COc1ccccc1OCCNCCC(=O)NC(C)(C)C. The molecule has 1 amide bonds. The minimum absolute atomic E-state index is 0.0562. The smallest absolute Gasteiger partial charge is 0.221 e. The van der Waals surface area contributed by atoms with E-state index in [9.17, 15) is 4.79 Å². The van der Waals surface area contributed by atoms with E-state index < -0.39 is 0 Å². The number of rotatable bonds is 8. The molecule has 0 aliphatic heterocycles. The monoisotopic (exact) mass is 294 g/mol.